The molecule has 17 heavy (non-hydrogen) atoms. The van der Waals surface area contributed by atoms with Crippen molar-refractivity contribution >= 4 is 0 Å². The van der Waals surface area contributed by atoms with E-state index >= 15 is 0 Å². The molecule has 0 unspecified atom stereocenters. The van der Waals surface area contributed by atoms with Crippen molar-refractivity contribution in [3.8, 4) is 0 Å². The normalized spacial score (nSPS) is 25.1. The van der Waals surface area contributed by atoms with E-state index in [0.29, 0.717) is 0 Å². The number of nitrogens with one attached hydrogen (secondary N) is 1. The minimum absolute atomic E-state index is 0.251. The van der Waals surface area contributed by atoms with Crippen LogP contribution in [0.2, 0.25) is 0 Å². The Morgan fingerprint density at radius 3 is 1.59 bits per heavy atom. The van der Waals surface area contributed by atoms with Gasteiger partial charge < -0.3 is 0 Å². The summed E-state index contributed by atoms with van der Waals surface area (Å²) < 4.78 is 0. The quantitative estimate of drug-likeness (QED) is 0.578. The Hall–Kier alpha value is -0.0800. The molecule has 2 rings (SSSR count). The average Bonchev–Trinajstić information content (AvgIpc) is 2.43. The maximum Gasteiger partial charge on any atom is 0.0374 e. The van der Waals surface area contributed by atoms with Crippen LogP contribution in [0.4, 0.5) is 0 Å². The van der Waals surface area contributed by atoms with Gasteiger partial charge in [0.25, 0.3) is 0 Å². The van der Waals surface area contributed by atoms with Crippen molar-refractivity contribution in [2.75, 3.05) is 0 Å². The largest absolute Gasteiger partial charge is 0.271 e. The minimum atomic E-state index is 0.251. The standard InChI is InChI=1S/C15H30N2/c1-2-15(17-16,13-9-5-3-6-10-13)14-11-7-4-8-12-14/h13-14,17H,2-12,16H2,1H3. The highest BCUT2D eigenvalue weighted by Crippen LogP contribution is 2.44. The summed E-state index contributed by atoms with van der Waals surface area (Å²) in [6.07, 6.45) is 15.3. The zero-order valence-corrected chi connectivity index (χ0v) is 11.5. The zero-order chi connectivity index (χ0) is 12.1. The van der Waals surface area contributed by atoms with E-state index in [1.54, 1.807) is 0 Å². The van der Waals surface area contributed by atoms with Crippen LogP contribution < -0.4 is 11.3 Å². The van der Waals surface area contributed by atoms with Crippen molar-refractivity contribution in [2.24, 2.45) is 17.7 Å². The summed E-state index contributed by atoms with van der Waals surface area (Å²) in [4.78, 5) is 0. The van der Waals surface area contributed by atoms with Gasteiger partial charge in [-0.3, -0.25) is 11.3 Å². The van der Waals surface area contributed by atoms with Gasteiger partial charge in [-0.15, -0.1) is 0 Å². The lowest BCUT2D eigenvalue weighted by molar-refractivity contribution is 0.0644. The molecule has 2 heteroatoms. The molecular weight excluding hydrogens is 208 g/mol. The highest BCUT2D eigenvalue weighted by molar-refractivity contribution is 4.99. The lowest BCUT2D eigenvalue weighted by Crippen LogP contribution is -2.60. The fraction of sp³-hybridized carbons (Fsp3) is 1.00. The van der Waals surface area contributed by atoms with Crippen LogP contribution in [0.15, 0.2) is 0 Å². The van der Waals surface area contributed by atoms with Gasteiger partial charge in [0, 0.05) is 5.54 Å². The number of nitrogens with two attached hydrogens (primary N) is 1. The summed E-state index contributed by atoms with van der Waals surface area (Å²) in [6.45, 7) is 2.34. The lowest BCUT2D eigenvalue weighted by atomic mass is 9.63. The zero-order valence-electron chi connectivity index (χ0n) is 11.5. The van der Waals surface area contributed by atoms with Crippen LogP contribution in [0, 0.1) is 11.8 Å². The topological polar surface area (TPSA) is 38.0 Å². The molecule has 2 saturated carbocycles. The van der Waals surface area contributed by atoms with Crippen LogP contribution in [-0.2, 0) is 0 Å². The van der Waals surface area contributed by atoms with E-state index in [9.17, 15) is 0 Å². The van der Waals surface area contributed by atoms with Gasteiger partial charge in [0.05, 0.1) is 0 Å². The van der Waals surface area contributed by atoms with Gasteiger partial charge in [0.1, 0.15) is 0 Å². The molecule has 3 N–H and O–H groups in total. The summed E-state index contributed by atoms with van der Waals surface area (Å²) in [5.74, 6) is 7.69. The Kier molecular flexibility index (Phi) is 4.87. The molecule has 0 bridgehead atoms. The Balaban J connectivity index is 2.10. The van der Waals surface area contributed by atoms with Crippen molar-refractivity contribution < 1.29 is 0 Å². The van der Waals surface area contributed by atoms with Crippen molar-refractivity contribution in [2.45, 2.75) is 83.1 Å². The molecular formula is C15H30N2. The van der Waals surface area contributed by atoms with Gasteiger partial charge in [0.2, 0.25) is 0 Å². The van der Waals surface area contributed by atoms with Gasteiger partial charge in [-0.05, 0) is 43.9 Å². The minimum Gasteiger partial charge on any atom is -0.271 e. The van der Waals surface area contributed by atoms with Gasteiger partial charge in [-0.25, -0.2) is 0 Å². The van der Waals surface area contributed by atoms with E-state index in [4.69, 9.17) is 5.84 Å². The molecule has 2 fully saturated rings. The van der Waals surface area contributed by atoms with Crippen molar-refractivity contribution in [3.63, 3.8) is 0 Å². The summed E-state index contributed by atoms with van der Waals surface area (Å²) in [5, 5.41) is 0. The molecule has 0 atom stereocenters. The highest BCUT2D eigenvalue weighted by Gasteiger charge is 2.43. The van der Waals surface area contributed by atoms with E-state index < -0.39 is 0 Å². The fourth-order valence-electron chi connectivity index (χ4n) is 4.48. The molecule has 0 heterocycles. The van der Waals surface area contributed by atoms with Crippen LogP contribution in [-0.4, -0.2) is 5.54 Å². The summed E-state index contributed by atoms with van der Waals surface area (Å²) in [7, 11) is 0. The van der Waals surface area contributed by atoms with Crippen LogP contribution >= 0.6 is 0 Å². The first-order valence-electron chi connectivity index (χ1n) is 7.81. The molecule has 2 nitrogen and oxygen atoms in total. The van der Waals surface area contributed by atoms with Crippen LogP contribution in [0.25, 0.3) is 0 Å². The average molecular weight is 238 g/mol. The Bertz CT molecular complexity index is 191. The van der Waals surface area contributed by atoms with Crippen LogP contribution in [0.1, 0.15) is 77.6 Å². The maximum atomic E-state index is 6.03. The summed E-state index contributed by atoms with van der Waals surface area (Å²) in [5.41, 5.74) is 3.56. The second-order valence-corrected chi connectivity index (χ2v) is 6.21. The second kappa shape index (κ2) is 6.19. The molecule has 0 amide bonds. The molecule has 0 aromatic heterocycles. The predicted molar refractivity (Wildman–Crippen MR) is 73.5 cm³/mol. The van der Waals surface area contributed by atoms with Crippen LogP contribution in [0.5, 0.6) is 0 Å². The van der Waals surface area contributed by atoms with E-state index in [2.05, 4.69) is 12.3 Å². The third kappa shape index (κ3) is 2.68. The number of hydrogen-bond donors (Lipinski definition) is 2. The van der Waals surface area contributed by atoms with Crippen molar-refractivity contribution in [1.29, 1.82) is 0 Å². The van der Waals surface area contributed by atoms with E-state index in [1.165, 1.54) is 70.6 Å². The van der Waals surface area contributed by atoms with Crippen LogP contribution in [0.3, 0.4) is 0 Å². The smallest absolute Gasteiger partial charge is 0.0374 e. The maximum absolute atomic E-state index is 6.03. The molecule has 0 aromatic rings. The first kappa shape index (κ1) is 13.4. The van der Waals surface area contributed by atoms with Crippen molar-refractivity contribution in [3.05, 3.63) is 0 Å². The van der Waals surface area contributed by atoms with E-state index in [0.717, 1.165) is 11.8 Å². The van der Waals surface area contributed by atoms with E-state index in [-0.39, 0.29) is 5.54 Å². The Morgan fingerprint density at radius 1 is 0.882 bits per heavy atom. The molecule has 0 saturated heterocycles. The van der Waals surface area contributed by atoms with E-state index in [1.807, 2.05) is 0 Å². The molecule has 2 aliphatic carbocycles. The Labute approximate surface area is 107 Å². The number of rotatable bonds is 4. The highest BCUT2D eigenvalue weighted by atomic mass is 15.3. The lowest BCUT2D eigenvalue weighted by Gasteiger charge is -2.48. The van der Waals surface area contributed by atoms with Gasteiger partial charge in [-0.1, -0.05) is 45.4 Å². The molecule has 0 aliphatic heterocycles. The molecule has 0 spiro atoms. The first-order valence-corrected chi connectivity index (χ1v) is 7.81. The summed E-state index contributed by atoms with van der Waals surface area (Å²) in [6, 6.07) is 0. The third-order valence-corrected chi connectivity index (χ3v) is 5.52. The molecule has 0 aromatic carbocycles. The molecule has 0 radical (unpaired) electrons. The van der Waals surface area contributed by atoms with Crippen molar-refractivity contribution in [1.82, 2.24) is 5.43 Å². The molecule has 100 valence electrons. The van der Waals surface area contributed by atoms with Gasteiger partial charge >= 0.3 is 0 Å². The number of hydrogen-bond acceptors (Lipinski definition) is 2. The second-order valence-electron chi connectivity index (χ2n) is 6.21. The first-order chi connectivity index (χ1) is 8.33. The Morgan fingerprint density at radius 2 is 1.29 bits per heavy atom. The van der Waals surface area contributed by atoms with Gasteiger partial charge in [0.15, 0.2) is 0 Å². The monoisotopic (exact) mass is 238 g/mol. The predicted octanol–water partition coefficient (Wildman–Crippen LogP) is 3.76. The van der Waals surface area contributed by atoms with Gasteiger partial charge in [-0.2, -0.15) is 0 Å². The fourth-order valence-corrected chi connectivity index (χ4v) is 4.48. The molecule has 2 aliphatic rings. The number of hydrazine groups is 1. The third-order valence-electron chi connectivity index (χ3n) is 5.52. The SMILES string of the molecule is CCC(NN)(C1CCCCC1)C1CCCCC1. The summed E-state index contributed by atoms with van der Waals surface area (Å²) >= 11 is 0.